The van der Waals surface area contributed by atoms with Gasteiger partial charge in [0.2, 0.25) is 17.7 Å². The molecule has 7 N–H and O–H groups in total. The SMILES string of the molecule is COC(=O)N[C@H](C(=O)N1CCC[C@H]1c1ncc(-c2ccc(-c3ccc4cc(-c5cnc([C@@H]6CCCN6C(=O)C(c6ccccc6)N6CCCC6)[nH]5)ccc4c3)cc2)[nH]1)C(C)C.COC(=O)N[C@H](C(=O)N1CCC[C@H]1c1ncc(-c2ccc(-c3ccc4cc(-c5cnc([C@@H]6CCCN6C(=O)OC(C)(C)C)[nH]5)ccc4c3)cc2)[nH]1)C(C)C.O=C(O)C(c1ccccc1)N1CCCC1. The van der Waals surface area contributed by atoms with Crippen molar-refractivity contribution in [2.45, 2.75) is 179 Å². The van der Waals surface area contributed by atoms with Crippen molar-refractivity contribution in [1.29, 1.82) is 0 Å². The quantitative estimate of drug-likeness (QED) is 0.0310. The lowest BCUT2D eigenvalue weighted by Crippen LogP contribution is -2.51. The van der Waals surface area contributed by atoms with E-state index in [1.54, 1.807) is 4.90 Å². The highest BCUT2D eigenvalue weighted by atomic mass is 16.6. The van der Waals surface area contributed by atoms with Crippen LogP contribution in [0.2, 0.25) is 0 Å². The number of aromatic amines is 4. The maximum Gasteiger partial charge on any atom is 0.410 e. The molecule has 4 aromatic heterocycles. The van der Waals surface area contributed by atoms with Crippen LogP contribution in [0.1, 0.15) is 196 Å². The normalized spacial score (nSPS) is 18.6. The van der Waals surface area contributed by atoms with Gasteiger partial charge in [0, 0.05) is 37.3 Å². The number of carbonyl (C=O) groups excluding carboxylic acids is 6. The van der Waals surface area contributed by atoms with E-state index in [4.69, 9.17) is 24.2 Å². The summed E-state index contributed by atoms with van der Waals surface area (Å²) in [6, 6.07) is 59.7. The molecule has 27 heteroatoms. The molecule has 8 atom stereocenters. The molecule has 18 rings (SSSR count). The van der Waals surface area contributed by atoms with E-state index in [1.807, 2.05) is 136 Å². The maximum atomic E-state index is 14.3. The van der Waals surface area contributed by atoms with Gasteiger partial charge in [-0.2, -0.15) is 0 Å². The van der Waals surface area contributed by atoms with Crippen molar-refractivity contribution in [3.63, 3.8) is 0 Å². The van der Waals surface area contributed by atoms with Crippen LogP contribution in [-0.2, 0) is 33.4 Å². The minimum absolute atomic E-state index is 0.0750. The molecular weight excluding hydrogens is 1640 g/mol. The van der Waals surface area contributed by atoms with Crippen molar-refractivity contribution in [2.75, 3.05) is 66.6 Å². The fraction of sp³-hybridized carbons (Fsp3) is 0.388. The number of carboxylic acid groups (broad SMARTS) is 1. The number of aromatic nitrogens is 8. The molecule has 0 radical (unpaired) electrons. The molecule has 0 bridgehead atoms. The van der Waals surface area contributed by atoms with Crippen molar-refractivity contribution in [2.24, 2.45) is 11.8 Å². The van der Waals surface area contributed by atoms with Gasteiger partial charge in [0.25, 0.3) is 0 Å². The second-order valence-corrected chi connectivity index (χ2v) is 36.5. The summed E-state index contributed by atoms with van der Waals surface area (Å²) in [5.41, 5.74) is 13.5. The minimum atomic E-state index is -0.747. The van der Waals surface area contributed by atoms with Crippen LogP contribution in [0.15, 0.2) is 207 Å². The molecule has 0 saturated carbocycles. The molecule has 10 heterocycles. The van der Waals surface area contributed by atoms with Gasteiger partial charge in [-0.1, -0.05) is 185 Å². The van der Waals surface area contributed by atoms with Gasteiger partial charge in [0.05, 0.1) is 86.0 Å². The first-order valence-electron chi connectivity index (χ1n) is 45.8. The first-order valence-corrected chi connectivity index (χ1v) is 45.8. The lowest BCUT2D eigenvalue weighted by molar-refractivity contribution is -0.143. The van der Waals surface area contributed by atoms with Crippen molar-refractivity contribution in [1.82, 2.24) is 79.9 Å². The second kappa shape index (κ2) is 40.2. The average Bonchev–Trinajstić information content (AvgIpc) is 1.75. The summed E-state index contributed by atoms with van der Waals surface area (Å²) < 4.78 is 15.2. The Hall–Kier alpha value is -13.3. The van der Waals surface area contributed by atoms with E-state index in [-0.39, 0.29) is 65.9 Å². The zero-order valence-electron chi connectivity index (χ0n) is 75.5. The number of amides is 6. The number of ether oxygens (including phenoxy) is 3. The zero-order valence-corrected chi connectivity index (χ0v) is 75.5. The van der Waals surface area contributed by atoms with E-state index >= 15 is 0 Å². The monoisotopic (exact) mass is 1750 g/mol. The van der Waals surface area contributed by atoms with Gasteiger partial charge in [0.15, 0.2) is 0 Å². The van der Waals surface area contributed by atoms with Gasteiger partial charge in [0.1, 0.15) is 53.1 Å². The Morgan fingerprint density at radius 2 is 0.669 bits per heavy atom. The smallest absolute Gasteiger partial charge is 0.410 e. The molecule has 130 heavy (non-hydrogen) atoms. The summed E-state index contributed by atoms with van der Waals surface area (Å²) in [7, 11) is 2.60. The number of rotatable bonds is 22. The second-order valence-electron chi connectivity index (χ2n) is 36.5. The van der Waals surface area contributed by atoms with Gasteiger partial charge in [-0.05, 0) is 226 Å². The number of hydrogen-bond acceptors (Lipinski definition) is 16. The van der Waals surface area contributed by atoms with Gasteiger partial charge < -0.3 is 64.6 Å². The summed E-state index contributed by atoms with van der Waals surface area (Å²) in [5, 5.41) is 19.2. The van der Waals surface area contributed by atoms with Gasteiger partial charge in [-0.15, -0.1) is 0 Å². The predicted octanol–water partition coefficient (Wildman–Crippen LogP) is 19.1. The number of fused-ring (bicyclic) bond motifs is 2. The molecular formula is C103H118N16O11. The number of hydrogen-bond donors (Lipinski definition) is 7. The van der Waals surface area contributed by atoms with Crippen molar-refractivity contribution >= 4 is 63.5 Å². The van der Waals surface area contributed by atoms with Crippen LogP contribution in [0.5, 0.6) is 0 Å². The highest BCUT2D eigenvalue weighted by Gasteiger charge is 2.43. The van der Waals surface area contributed by atoms with E-state index in [2.05, 4.69) is 184 Å². The molecule has 6 fully saturated rings. The molecule has 6 aliphatic heterocycles. The van der Waals surface area contributed by atoms with Crippen LogP contribution in [-0.4, -0.2) is 201 Å². The molecule has 0 spiro atoms. The Bertz CT molecular complexity index is 5970. The van der Waals surface area contributed by atoms with E-state index in [0.29, 0.717) is 19.6 Å². The third kappa shape index (κ3) is 20.4. The summed E-state index contributed by atoms with van der Waals surface area (Å²) in [6.07, 6.45) is 17.2. The van der Waals surface area contributed by atoms with Crippen molar-refractivity contribution < 1.29 is 52.9 Å². The Morgan fingerprint density at radius 3 is 1.02 bits per heavy atom. The van der Waals surface area contributed by atoms with Gasteiger partial charge in [-0.25, -0.2) is 34.3 Å². The van der Waals surface area contributed by atoms with Crippen LogP contribution < -0.4 is 10.6 Å². The Morgan fingerprint density at radius 1 is 0.369 bits per heavy atom. The molecule has 6 saturated heterocycles. The number of alkyl carbamates (subject to hydrolysis) is 2. The third-order valence-electron chi connectivity index (χ3n) is 26.0. The molecule has 6 amide bonds. The largest absolute Gasteiger partial charge is 0.480 e. The lowest BCUT2D eigenvalue weighted by atomic mass is 9.98. The fourth-order valence-electron chi connectivity index (χ4n) is 19.2. The van der Waals surface area contributed by atoms with E-state index < -0.39 is 41.9 Å². The number of H-pyrrole nitrogens is 4. The number of aliphatic carboxylic acids is 1. The van der Waals surface area contributed by atoms with Crippen LogP contribution >= 0.6 is 0 Å². The molecule has 2 unspecified atom stereocenters. The number of methoxy groups -OCH3 is 2. The van der Waals surface area contributed by atoms with Crippen molar-refractivity contribution in [3.05, 3.63) is 241 Å². The van der Waals surface area contributed by atoms with Crippen molar-refractivity contribution in [3.8, 4) is 67.3 Å². The Kier molecular flexibility index (Phi) is 27.8. The number of likely N-dealkylation sites (tertiary alicyclic amines) is 6. The summed E-state index contributed by atoms with van der Waals surface area (Å²) in [5.74, 6) is 2.08. The zero-order chi connectivity index (χ0) is 90.9. The summed E-state index contributed by atoms with van der Waals surface area (Å²) in [4.78, 5) is 134. The summed E-state index contributed by atoms with van der Waals surface area (Å²) >= 11 is 0. The lowest BCUT2D eigenvalue weighted by Gasteiger charge is -2.33. The molecule has 0 aliphatic carbocycles. The predicted molar refractivity (Wildman–Crippen MR) is 501 cm³/mol. The van der Waals surface area contributed by atoms with E-state index in [9.17, 15) is 38.7 Å². The number of carbonyl (C=O) groups is 7. The maximum absolute atomic E-state index is 14.3. The van der Waals surface area contributed by atoms with Crippen LogP contribution in [0.25, 0.3) is 88.8 Å². The number of imidazole rings is 4. The minimum Gasteiger partial charge on any atom is -0.480 e. The average molecular weight is 1760 g/mol. The molecule has 27 nitrogen and oxygen atoms in total. The number of nitrogens with one attached hydrogen (secondary N) is 6. The first kappa shape index (κ1) is 90.1. The van der Waals surface area contributed by atoms with Gasteiger partial charge >= 0.3 is 24.2 Å². The Balaban J connectivity index is 0.000000164. The number of benzene rings is 8. The molecule has 12 aromatic rings. The van der Waals surface area contributed by atoms with E-state index in [0.717, 1.165) is 233 Å². The standard InChI is InChI=1S/C49H54N8O4.C42H49N7O5.C12H15NO2/c1-31(2)43(54-49(60)61-3)47(58)56-25-9-13-41(56)45-50-29-39(52-45)33-17-15-32(16-18-33)35-19-20-37-28-38(22-21-36(37)27-35)40-30-51-46(53-40)42-14-10-26-57(42)48(59)44(55-23-7-8-24-55)34-11-5-4-6-12-34;1-25(2)36(47-40(51)53-6)39(50)48-19-7-9-34(48)37-43-23-32(45-37)27-13-11-26(12-14-27)28-15-16-30-22-31(18-17-29(30)21-28)33-24-44-38(46-33)35-10-8-20-49(35)41(52)54-42(3,4)5;14-12(15)11(13-8-4-5-9-13)10-6-2-1-3-7-10/h4-6,11-12,15-22,27-31,41-44H,7-10,13-14,23-26H2,1-3H3,(H,50,52)(H,51,53)(H,54,60);11-18,21-25,34-36H,7-10,19-20H2,1-6H3,(H,43,45)(H,44,46)(H,47,51);1-3,6-7,11H,4-5,8-9H2,(H,14,15)/t41-,42-,43-,44?;34-,35-,36-;/m00./s1. The third-order valence-corrected chi connectivity index (χ3v) is 26.0. The first-order chi connectivity index (χ1) is 62.9. The van der Waals surface area contributed by atoms with Crippen LogP contribution in [0.4, 0.5) is 14.4 Å². The van der Waals surface area contributed by atoms with Crippen LogP contribution in [0, 0.1) is 11.8 Å². The topological polar surface area (TPSA) is 326 Å². The van der Waals surface area contributed by atoms with E-state index in [1.165, 1.54) is 14.2 Å². The number of nitrogens with zero attached hydrogens (tertiary/aromatic N) is 10. The number of carboxylic acids is 1. The molecule has 8 aromatic carbocycles. The highest BCUT2D eigenvalue weighted by molar-refractivity contribution is 5.93. The highest BCUT2D eigenvalue weighted by Crippen LogP contribution is 2.42. The fourth-order valence-corrected chi connectivity index (χ4v) is 19.2. The van der Waals surface area contributed by atoms with Crippen LogP contribution in [0.3, 0.4) is 0 Å². The summed E-state index contributed by atoms with van der Waals surface area (Å²) in [6.45, 7) is 19.6. The Labute approximate surface area is 758 Å². The molecule has 6 aliphatic rings. The molecule has 676 valence electrons. The van der Waals surface area contributed by atoms with Gasteiger partial charge in [-0.3, -0.25) is 33.9 Å².